The van der Waals surface area contributed by atoms with Gasteiger partial charge in [-0.1, -0.05) is 32.4 Å². The van der Waals surface area contributed by atoms with Crippen molar-refractivity contribution in [2.45, 2.75) is 40.2 Å². The molecule has 24 heavy (non-hydrogen) atoms. The van der Waals surface area contributed by atoms with Gasteiger partial charge in [-0.05, 0) is 30.5 Å². The molecule has 1 aliphatic rings. The smallest absolute Gasteiger partial charge is 0.255 e. The second-order valence-electron chi connectivity index (χ2n) is 7.59. The number of anilines is 1. The SMILES string of the molecule is CC1CN(C(=O)c2cc(NC(=O)CC(C)(C)C)ccc2Cl)CCN1. The molecular formula is C18H26ClN3O2. The molecule has 1 unspecified atom stereocenters. The zero-order valence-corrected chi connectivity index (χ0v) is 15.5. The molecule has 2 N–H and O–H groups in total. The minimum Gasteiger partial charge on any atom is -0.336 e. The van der Waals surface area contributed by atoms with Gasteiger partial charge in [0, 0.05) is 37.8 Å². The van der Waals surface area contributed by atoms with Crippen molar-refractivity contribution in [1.82, 2.24) is 10.2 Å². The third-order valence-electron chi connectivity index (χ3n) is 3.83. The van der Waals surface area contributed by atoms with Gasteiger partial charge in [-0.15, -0.1) is 0 Å². The van der Waals surface area contributed by atoms with E-state index in [-0.39, 0.29) is 23.3 Å². The van der Waals surface area contributed by atoms with Crippen LogP contribution in [0.2, 0.25) is 5.02 Å². The van der Waals surface area contributed by atoms with Crippen molar-refractivity contribution in [1.29, 1.82) is 0 Å². The highest BCUT2D eigenvalue weighted by atomic mass is 35.5. The number of amides is 2. The van der Waals surface area contributed by atoms with Crippen LogP contribution in [0.1, 0.15) is 44.5 Å². The Kier molecular flexibility index (Phi) is 5.88. The first-order chi connectivity index (χ1) is 11.2. The second-order valence-corrected chi connectivity index (χ2v) is 7.99. The van der Waals surface area contributed by atoms with Gasteiger partial charge in [0.25, 0.3) is 5.91 Å². The number of halogens is 1. The molecule has 2 amide bonds. The van der Waals surface area contributed by atoms with Gasteiger partial charge in [0.1, 0.15) is 0 Å². The number of hydrogen-bond acceptors (Lipinski definition) is 3. The van der Waals surface area contributed by atoms with E-state index in [2.05, 4.69) is 10.6 Å². The van der Waals surface area contributed by atoms with Crippen LogP contribution >= 0.6 is 11.6 Å². The van der Waals surface area contributed by atoms with E-state index in [1.807, 2.05) is 27.7 Å². The summed E-state index contributed by atoms with van der Waals surface area (Å²) in [6.07, 6.45) is 0.411. The monoisotopic (exact) mass is 351 g/mol. The van der Waals surface area contributed by atoms with Gasteiger partial charge in [-0.25, -0.2) is 0 Å². The molecule has 2 rings (SSSR count). The van der Waals surface area contributed by atoms with Crippen molar-refractivity contribution in [3.05, 3.63) is 28.8 Å². The van der Waals surface area contributed by atoms with Crippen molar-refractivity contribution in [2.75, 3.05) is 25.0 Å². The summed E-state index contributed by atoms with van der Waals surface area (Å²) >= 11 is 6.21. The number of carbonyl (C=O) groups excluding carboxylic acids is 2. The van der Waals surface area contributed by atoms with E-state index in [1.54, 1.807) is 23.1 Å². The van der Waals surface area contributed by atoms with Crippen LogP contribution in [0.25, 0.3) is 0 Å². The van der Waals surface area contributed by atoms with Gasteiger partial charge in [0.15, 0.2) is 0 Å². The fourth-order valence-electron chi connectivity index (χ4n) is 2.74. The molecule has 1 aromatic rings. The Bertz CT molecular complexity index is 625. The largest absolute Gasteiger partial charge is 0.336 e. The van der Waals surface area contributed by atoms with Gasteiger partial charge >= 0.3 is 0 Å². The first-order valence-corrected chi connectivity index (χ1v) is 8.65. The van der Waals surface area contributed by atoms with Gasteiger partial charge < -0.3 is 15.5 Å². The topological polar surface area (TPSA) is 61.4 Å². The van der Waals surface area contributed by atoms with E-state index >= 15 is 0 Å². The number of rotatable bonds is 3. The van der Waals surface area contributed by atoms with E-state index in [0.717, 1.165) is 6.54 Å². The third-order valence-corrected chi connectivity index (χ3v) is 4.16. The van der Waals surface area contributed by atoms with Crippen LogP contribution in [0.15, 0.2) is 18.2 Å². The number of hydrogen-bond donors (Lipinski definition) is 2. The van der Waals surface area contributed by atoms with E-state index in [4.69, 9.17) is 11.6 Å². The lowest BCUT2D eigenvalue weighted by molar-refractivity contribution is -0.117. The summed E-state index contributed by atoms with van der Waals surface area (Å²) < 4.78 is 0. The standard InChI is InChI=1S/C18H26ClN3O2/c1-12-11-22(8-7-20-12)17(24)14-9-13(5-6-15(14)19)21-16(23)10-18(2,3)4/h5-6,9,12,20H,7-8,10-11H2,1-4H3,(H,21,23). The van der Waals surface area contributed by atoms with E-state index in [9.17, 15) is 9.59 Å². The number of benzene rings is 1. The Hall–Kier alpha value is -1.59. The minimum absolute atomic E-state index is 0.0704. The number of carbonyl (C=O) groups is 2. The fourth-order valence-corrected chi connectivity index (χ4v) is 2.94. The molecule has 0 bridgehead atoms. The zero-order chi connectivity index (χ0) is 17.9. The molecule has 0 spiro atoms. The highest BCUT2D eigenvalue weighted by Gasteiger charge is 2.24. The van der Waals surface area contributed by atoms with Crippen LogP contribution in [-0.2, 0) is 4.79 Å². The molecule has 5 nitrogen and oxygen atoms in total. The van der Waals surface area contributed by atoms with Crippen LogP contribution in [-0.4, -0.2) is 42.4 Å². The highest BCUT2D eigenvalue weighted by Crippen LogP contribution is 2.24. The van der Waals surface area contributed by atoms with Gasteiger partial charge in [-0.3, -0.25) is 9.59 Å². The van der Waals surface area contributed by atoms with Crippen molar-refractivity contribution in [2.24, 2.45) is 5.41 Å². The average molecular weight is 352 g/mol. The maximum atomic E-state index is 12.7. The van der Waals surface area contributed by atoms with Gasteiger partial charge in [0.2, 0.25) is 5.91 Å². The van der Waals surface area contributed by atoms with Crippen molar-refractivity contribution in [3.63, 3.8) is 0 Å². The van der Waals surface area contributed by atoms with E-state index in [1.165, 1.54) is 0 Å². The maximum absolute atomic E-state index is 12.7. The number of piperazine rings is 1. The molecular weight excluding hydrogens is 326 g/mol. The molecule has 0 saturated carbocycles. The van der Waals surface area contributed by atoms with E-state index in [0.29, 0.717) is 35.8 Å². The normalized spacial score (nSPS) is 18.4. The number of nitrogens with zero attached hydrogens (tertiary/aromatic N) is 1. The summed E-state index contributed by atoms with van der Waals surface area (Å²) in [5.41, 5.74) is 0.936. The van der Waals surface area contributed by atoms with Gasteiger partial charge in [0.05, 0.1) is 10.6 Å². The lowest BCUT2D eigenvalue weighted by atomic mass is 9.92. The summed E-state index contributed by atoms with van der Waals surface area (Å²) in [6.45, 7) is 10.1. The minimum atomic E-state index is -0.0970. The molecule has 1 saturated heterocycles. The Morgan fingerprint density at radius 1 is 1.38 bits per heavy atom. The first-order valence-electron chi connectivity index (χ1n) is 8.28. The molecule has 1 aliphatic heterocycles. The molecule has 132 valence electrons. The van der Waals surface area contributed by atoms with Crippen molar-refractivity contribution >= 4 is 29.1 Å². The lowest BCUT2D eigenvalue weighted by Gasteiger charge is -2.32. The molecule has 1 atom stereocenters. The molecule has 1 fully saturated rings. The number of nitrogens with one attached hydrogen (secondary N) is 2. The molecule has 0 aliphatic carbocycles. The van der Waals surface area contributed by atoms with E-state index < -0.39 is 0 Å². The predicted molar refractivity (Wildman–Crippen MR) is 97.5 cm³/mol. The van der Waals surface area contributed by atoms with Crippen molar-refractivity contribution in [3.8, 4) is 0 Å². The highest BCUT2D eigenvalue weighted by molar-refractivity contribution is 6.34. The van der Waals surface area contributed by atoms with Crippen LogP contribution < -0.4 is 10.6 Å². The van der Waals surface area contributed by atoms with Crippen LogP contribution in [0.5, 0.6) is 0 Å². The third kappa shape index (κ3) is 5.21. The molecule has 0 aromatic heterocycles. The Morgan fingerprint density at radius 2 is 2.08 bits per heavy atom. The average Bonchev–Trinajstić information content (AvgIpc) is 2.46. The zero-order valence-electron chi connectivity index (χ0n) is 14.8. The Morgan fingerprint density at radius 3 is 2.71 bits per heavy atom. The molecule has 1 heterocycles. The Balaban J connectivity index is 2.13. The van der Waals surface area contributed by atoms with Crippen LogP contribution in [0.3, 0.4) is 0 Å². The second kappa shape index (κ2) is 7.53. The van der Waals surface area contributed by atoms with Gasteiger partial charge in [-0.2, -0.15) is 0 Å². The van der Waals surface area contributed by atoms with Crippen LogP contribution in [0.4, 0.5) is 5.69 Å². The summed E-state index contributed by atoms with van der Waals surface area (Å²) in [5.74, 6) is -0.167. The molecule has 6 heteroatoms. The van der Waals surface area contributed by atoms with Crippen LogP contribution in [0, 0.1) is 5.41 Å². The maximum Gasteiger partial charge on any atom is 0.255 e. The van der Waals surface area contributed by atoms with Crippen molar-refractivity contribution < 1.29 is 9.59 Å². The molecule has 0 radical (unpaired) electrons. The lowest BCUT2D eigenvalue weighted by Crippen LogP contribution is -2.51. The molecule has 1 aromatic carbocycles. The quantitative estimate of drug-likeness (QED) is 0.879. The summed E-state index contributed by atoms with van der Waals surface area (Å²) in [5, 5.41) is 6.56. The predicted octanol–water partition coefficient (Wildman–Crippen LogP) is 3.15. The Labute approximate surface area is 148 Å². The first kappa shape index (κ1) is 18.7. The summed E-state index contributed by atoms with van der Waals surface area (Å²) in [7, 11) is 0. The summed E-state index contributed by atoms with van der Waals surface area (Å²) in [4.78, 5) is 26.6. The summed E-state index contributed by atoms with van der Waals surface area (Å²) in [6, 6.07) is 5.31. The fraction of sp³-hybridized carbons (Fsp3) is 0.556.